The van der Waals surface area contributed by atoms with E-state index < -0.39 is 0 Å². The van der Waals surface area contributed by atoms with Gasteiger partial charge in [-0.3, -0.25) is 4.99 Å². The Morgan fingerprint density at radius 1 is 1.32 bits per heavy atom. The van der Waals surface area contributed by atoms with E-state index in [4.69, 9.17) is 0 Å². The van der Waals surface area contributed by atoms with Gasteiger partial charge in [0.15, 0.2) is 0 Å². The van der Waals surface area contributed by atoms with Gasteiger partial charge < -0.3 is 9.67 Å². The minimum atomic E-state index is -0.384. The van der Waals surface area contributed by atoms with Crippen molar-refractivity contribution in [3.8, 4) is 0 Å². The molecule has 2 heterocycles. The number of hydrogen-bond donors (Lipinski definition) is 1. The summed E-state index contributed by atoms with van der Waals surface area (Å²) in [5.74, 6) is 0. The van der Waals surface area contributed by atoms with E-state index >= 15 is 0 Å². The van der Waals surface area contributed by atoms with E-state index in [0.717, 1.165) is 23.7 Å². The fourth-order valence-corrected chi connectivity index (χ4v) is 3.97. The molecule has 0 fully saturated rings. The van der Waals surface area contributed by atoms with E-state index in [-0.39, 0.29) is 6.10 Å². The van der Waals surface area contributed by atoms with Crippen LogP contribution in [0.4, 0.5) is 0 Å². The molecule has 1 aromatic heterocycles. The molecule has 4 rings (SSSR count). The molecule has 0 unspecified atom stereocenters. The summed E-state index contributed by atoms with van der Waals surface area (Å²) in [6, 6.07) is 6.35. The molecular weight excluding hydrogens is 304 g/mol. The number of aromatic nitrogens is 1. The predicted octanol–water partition coefficient (Wildman–Crippen LogP) is 2.90. The maximum absolute atomic E-state index is 10.1. The van der Waals surface area contributed by atoms with Gasteiger partial charge in [0.1, 0.15) is 0 Å². The molecule has 1 aliphatic heterocycles. The summed E-state index contributed by atoms with van der Waals surface area (Å²) < 4.78 is 3.37. The highest BCUT2D eigenvalue weighted by molar-refractivity contribution is 9.10. The Labute approximate surface area is 120 Å². The van der Waals surface area contributed by atoms with Crippen LogP contribution in [0, 0.1) is 0 Å². The van der Waals surface area contributed by atoms with Crippen LogP contribution < -0.4 is 0 Å². The lowest BCUT2D eigenvalue weighted by molar-refractivity contribution is 0.166. The standard InChI is InChI=1S/C15H15BrN2O/c16-12-5-1-3-10-11-4-2-6-13-15(11)18(14(10)12)8-9(19)7-17-13/h1,3,5,9,19H,2,4,6-8H2/t9-/m1/s1. The number of rotatable bonds is 0. The number of aliphatic imine (C=N–C) groups is 1. The molecule has 0 amide bonds. The van der Waals surface area contributed by atoms with Crippen LogP contribution in [-0.4, -0.2) is 28.0 Å². The number of benzene rings is 1. The first-order valence-electron chi connectivity index (χ1n) is 6.77. The lowest BCUT2D eigenvalue weighted by Crippen LogP contribution is -2.19. The Morgan fingerprint density at radius 3 is 3.11 bits per heavy atom. The normalized spacial score (nSPS) is 22.0. The van der Waals surface area contributed by atoms with Crippen molar-refractivity contribution >= 4 is 32.5 Å². The highest BCUT2D eigenvalue weighted by Gasteiger charge is 2.28. The van der Waals surface area contributed by atoms with Crippen LogP contribution in [0.3, 0.4) is 0 Å². The van der Waals surface area contributed by atoms with Crippen LogP contribution in [0.15, 0.2) is 27.7 Å². The van der Waals surface area contributed by atoms with Crippen molar-refractivity contribution in [2.75, 3.05) is 6.54 Å². The van der Waals surface area contributed by atoms with Crippen LogP contribution >= 0.6 is 15.9 Å². The molecule has 0 spiro atoms. The summed E-state index contributed by atoms with van der Waals surface area (Å²) in [7, 11) is 0. The lowest BCUT2D eigenvalue weighted by Gasteiger charge is -2.16. The monoisotopic (exact) mass is 318 g/mol. The second-order valence-corrected chi connectivity index (χ2v) is 6.22. The number of hydrogen-bond acceptors (Lipinski definition) is 2. The lowest BCUT2D eigenvalue weighted by atomic mass is 9.94. The van der Waals surface area contributed by atoms with Crippen molar-refractivity contribution in [2.24, 2.45) is 4.99 Å². The molecule has 0 saturated heterocycles. The molecular formula is C15H15BrN2O. The summed E-state index contributed by atoms with van der Waals surface area (Å²) in [5.41, 5.74) is 5.07. The van der Waals surface area contributed by atoms with Crippen molar-refractivity contribution in [1.29, 1.82) is 0 Å². The van der Waals surface area contributed by atoms with Gasteiger partial charge in [0.2, 0.25) is 0 Å². The molecule has 3 nitrogen and oxygen atoms in total. The van der Waals surface area contributed by atoms with Crippen LogP contribution in [0.5, 0.6) is 0 Å². The van der Waals surface area contributed by atoms with Crippen LogP contribution in [0.1, 0.15) is 24.1 Å². The van der Waals surface area contributed by atoms with Gasteiger partial charge in [-0.25, -0.2) is 0 Å². The van der Waals surface area contributed by atoms with Crippen molar-refractivity contribution in [3.63, 3.8) is 0 Å². The topological polar surface area (TPSA) is 37.5 Å². The van der Waals surface area contributed by atoms with E-state index in [2.05, 4.69) is 43.7 Å². The summed E-state index contributed by atoms with van der Waals surface area (Å²) >= 11 is 3.66. The van der Waals surface area contributed by atoms with E-state index in [1.807, 2.05) is 0 Å². The molecule has 2 aromatic rings. The molecule has 1 atom stereocenters. The van der Waals surface area contributed by atoms with Gasteiger partial charge in [-0.2, -0.15) is 0 Å². The molecule has 1 aliphatic carbocycles. The molecule has 4 heteroatoms. The first-order chi connectivity index (χ1) is 9.25. The van der Waals surface area contributed by atoms with E-state index in [9.17, 15) is 5.11 Å². The third-order valence-corrected chi connectivity index (χ3v) is 4.78. The first kappa shape index (κ1) is 11.7. The summed E-state index contributed by atoms with van der Waals surface area (Å²) in [4.78, 5) is 4.63. The maximum atomic E-state index is 10.1. The van der Waals surface area contributed by atoms with E-state index in [1.165, 1.54) is 27.9 Å². The quantitative estimate of drug-likeness (QED) is 0.796. The van der Waals surface area contributed by atoms with E-state index in [0.29, 0.717) is 13.1 Å². The van der Waals surface area contributed by atoms with Crippen LogP contribution in [0.2, 0.25) is 0 Å². The van der Waals surface area contributed by atoms with Crippen molar-refractivity contribution in [3.05, 3.63) is 33.9 Å². The third-order valence-electron chi connectivity index (χ3n) is 4.14. The number of aliphatic hydroxyl groups is 1. The zero-order chi connectivity index (χ0) is 13.0. The van der Waals surface area contributed by atoms with Gasteiger partial charge >= 0.3 is 0 Å². The Morgan fingerprint density at radius 2 is 2.21 bits per heavy atom. The molecule has 0 bridgehead atoms. The molecule has 1 N–H and O–H groups in total. The average Bonchev–Trinajstić information content (AvgIpc) is 2.62. The minimum absolute atomic E-state index is 0.384. The Balaban J connectivity index is 2.14. The minimum Gasteiger partial charge on any atom is -0.389 e. The molecule has 1 aromatic carbocycles. The summed E-state index contributed by atoms with van der Waals surface area (Å²) in [5, 5.41) is 11.4. The summed E-state index contributed by atoms with van der Waals surface area (Å²) in [6.07, 6.45) is 2.93. The molecule has 0 radical (unpaired) electrons. The molecule has 19 heavy (non-hydrogen) atoms. The van der Waals surface area contributed by atoms with Gasteiger partial charge in [0, 0.05) is 9.86 Å². The third kappa shape index (κ3) is 1.63. The average molecular weight is 319 g/mol. The number of halogens is 1. The number of nitrogens with zero attached hydrogens (tertiary/aromatic N) is 2. The predicted molar refractivity (Wildman–Crippen MR) is 80.0 cm³/mol. The number of fused-ring (bicyclic) bond motifs is 3. The summed E-state index contributed by atoms with van der Waals surface area (Å²) in [6.45, 7) is 1.17. The Bertz CT molecular complexity index is 702. The van der Waals surface area contributed by atoms with Gasteiger partial charge in [0.05, 0.1) is 36.1 Å². The first-order valence-corrected chi connectivity index (χ1v) is 7.56. The van der Waals surface area contributed by atoms with Gasteiger partial charge in [-0.1, -0.05) is 12.1 Å². The second-order valence-electron chi connectivity index (χ2n) is 5.37. The highest BCUT2D eigenvalue weighted by Crippen LogP contribution is 2.37. The number of aliphatic hydroxyl groups excluding tert-OH is 1. The van der Waals surface area contributed by atoms with Gasteiger partial charge in [-0.05, 0) is 46.8 Å². The molecule has 98 valence electrons. The fourth-order valence-electron chi connectivity index (χ4n) is 3.39. The zero-order valence-electron chi connectivity index (χ0n) is 10.6. The maximum Gasteiger partial charge on any atom is 0.0914 e. The molecule has 0 saturated carbocycles. The van der Waals surface area contributed by atoms with Gasteiger partial charge in [-0.15, -0.1) is 0 Å². The van der Waals surface area contributed by atoms with Crippen molar-refractivity contribution in [2.45, 2.75) is 31.9 Å². The number of aryl methyl sites for hydroxylation is 1. The Kier molecular flexibility index (Phi) is 2.57. The zero-order valence-corrected chi connectivity index (χ0v) is 12.2. The molecule has 2 aliphatic rings. The van der Waals surface area contributed by atoms with Gasteiger partial charge in [0.25, 0.3) is 0 Å². The Hall–Kier alpha value is -1.13. The van der Waals surface area contributed by atoms with Crippen molar-refractivity contribution in [1.82, 2.24) is 4.57 Å². The van der Waals surface area contributed by atoms with Crippen molar-refractivity contribution < 1.29 is 5.11 Å². The van der Waals surface area contributed by atoms with Crippen LogP contribution in [0.25, 0.3) is 10.9 Å². The second kappa shape index (κ2) is 4.18. The van der Waals surface area contributed by atoms with E-state index in [1.54, 1.807) is 0 Å². The highest BCUT2D eigenvalue weighted by atomic mass is 79.9. The SMILES string of the molecule is O[C@@H]1CN=C2CCCc3c2n(c2c(Br)cccc32)C1. The number of para-hydroxylation sites is 1. The smallest absolute Gasteiger partial charge is 0.0914 e. The largest absolute Gasteiger partial charge is 0.389 e. The van der Waals surface area contributed by atoms with Crippen LogP contribution in [-0.2, 0) is 13.0 Å². The fraction of sp³-hybridized carbons (Fsp3) is 0.400.